The molecule has 1 spiro atoms. The van der Waals surface area contributed by atoms with E-state index in [0.29, 0.717) is 96.5 Å². The number of halogens is 5. The smallest absolute Gasteiger partial charge is 0.417 e. The van der Waals surface area contributed by atoms with E-state index in [1.165, 1.54) is 30.3 Å². The van der Waals surface area contributed by atoms with E-state index >= 15 is 22.0 Å². The van der Waals surface area contributed by atoms with Crippen LogP contribution in [0, 0.1) is 30.1 Å². The number of carbonyl (C=O) groups is 4. The molecule has 0 radical (unpaired) electrons. The van der Waals surface area contributed by atoms with E-state index < -0.39 is 95.4 Å². The summed E-state index contributed by atoms with van der Waals surface area (Å²) in [6.07, 6.45) is 3.08. The van der Waals surface area contributed by atoms with Gasteiger partial charge in [-0.15, -0.1) is 22.7 Å². The number of rotatable bonds is 17. The van der Waals surface area contributed by atoms with E-state index in [1.54, 1.807) is 32.5 Å². The van der Waals surface area contributed by atoms with Gasteiger partial charge in [0.25, 0.3) is 5.92 Å². The minimum Gasteiger partial charge on any atom is -0.462 e. The number of nitrogens with one attached hydrogen (secondary N) is 2. The molecule has 7 fully saturated rings. The number of carbonyl (C=O) groups excluding carboxylic acids is 4. The summed E-state index contributed by atoms with van der Waals surface area (Å²) in [4.78, 5) is 83.3. The molecule has 14 rings (SSSR count). The zero-order valence-electron chi connectivity index (χ0n) is 57.7. The fourth-order valence-electron chi connectivity index (χ4n) is 16.3. The number of anilines is 1. The molecular weight excluding hydrogens is 1340 g/mol. The summed E-state index contributed by atoms with van der Waals surface area (Å²) in [6.45, 7) is 16.2. The van der Waals surface area contributed by atoms with Crippen molar-refractivity contribution in [1.82, 2.24) is 55.0 Å². The monoisotopic (exact) mass is 1420 g/mol. The van der Waals surface area contributed by atoms with E-state index in [9.17, 15) is 24.3 Å². The molecule has 2 aliphatic carbocycles. The van der Waals surface area contributed by atoms with Crippen molar-refractivity contribution in [3.63, 3.8) is 0 Å². The first-order valence-corrected chi connectivity index (χ1v) is 36.6. The number of β-amino-alcohol motifs (C(OH)–C–C–N with tert-alkyl or cyclic N) is 1. The molecule has 3 unspecified atom stereocenters. The lowest BCUT2D eigenvalue weighted by molar-refractivity contribution is -0.145. The maximum atomic E-state index is 16.1. The third-order valence-corrected chi connectivity index (χ3v) is 23.6. The molecule has 28 heteroatoms. The number of benzene rings is 2. The van der Waals surface area contributed by atoms with Gasteiger partial charge < -0.3 is 49.4 Å². The van der Waals surface area contributed by atoms with Crippen LogP contribution in [0.25, 0.3) is 52.9 Å². The maximum absolute atomic E-state index is 16.1. The summed E-state index contributed by atoms with van der Waals surface area (Å²) in [5, 5.41) is 22.6. The Morgan fingerprint density at radius 2 is 1.64 bits per heavy atom. The number of alkyl halides is 5. The van der Waals surface area contributed by atoms with Crippen molar-refractivity contribution >= 4 is 83.5 Å². The van der Waals surface area contributed by atoms with Crippen LogP contribution in [-0.2, 0) is 41.3 Å². The Balaban J connectivity index is 0.645. The van der Waals surface area contributed by atoms with Crippen LogP contribution in [-0.4, -0.2) is 180 Å². The molecule has 10 heterocycles. The van der Waals surface area contributed by atoms with E-state index in [-0.39, 0.29) is 84.5 Å². The van der Waals surface area contributed by atoms with Gasteiger partial charge in [0.1, 0.15) is 41.5 Å². The number of nitrogens with zero attached hydrogens (tertiary/aromatic N) is 10. The number of piperazine rings is 1. The van der Waals surface area contributed by atoms with Gasteiger partial charge in [0, 0.05) is 81.2 Å². The molecule has 100 heavy (non-hydrogen) atoms. The second-order valence-electron chi connectivity index (χ2n) is 31.0. The van der Waals surface area contributed by atoms with Crippen LogP contribution < -0.4 is 20.3 Å². The number of amides is 4. The van der Waals surface area contributed by atoms with Crippen LogP contribution in [0.3, 0.4) is 0 Å². The van der Waals surface area contributed by atoms with Crippen molar-refractivity contribution in [3.8, 4) is 27.7 Å². The van der Waals surface area contributed by atoms with Gasteiger partial charge in [-0.25, -0.2) is 23.2 Å². The fourth-order valence-corrected chi connectivity index (χ4v) is 18.3. The van der Waals surface area contributed by atoms with Crippen LogP contribution in [0.15, 0.2) is 54.3 Å². The number of aromatic nitrogens is 6. The topological polar surface area (TPSA) is 232 Å². The van der Waals surface area contributed by atoms with Crippen LogP contribution in [0.5, 0.6) is 6.01 Å². The molecular formula is C72H87F5N12O9S2. The van der Waals surface area contributed by atoms with Gasteiger partial charge in [-0.3, -0.25) is 24.3 Å². The average Bonchev–Trinajstić information content (AvgIpc) is 0.886. The minimum absolute atomic E-state index is 0.00486. The number of aliphatic hydroxyl groups is 1. The highest BCUT2D eigenvalue weighted by molar-refractivity contribution is 7.26. The molecule has 2 bridgehead atoms. The summed E-state index contributed by atoms with van der Waals surface area (Å²) in [7, 11) is 0. The highest BCUT2D eigenvalue weighted by atomic mass is 32.1. The zero-order valence-corrected chi connectivity index (χ0v) is 59.3. The SMILES string of the molecule is Cc1cc2c(cnn2C2CCCCO2)c(-c2nccc3c2sc2nc(OC[C@]4(CN5CCC6(CCC(OCC(=O)N[C@H](C(=O)N7C[C@H](O)C[C@H]7C(=O)NCc7ccc(-c8scnc8C)cc7)C(C)(C)C)CC6)C5)CC4(F)F)nc(N4CC5CCC(C4)N5C(=O)OC(C)(C)C)c23)c1C(F)(F)F. The van der Waals surface area contributed by atoms with Crippen LogP contribution in [0.1, 0.15) is 147 Å². The Morgan fingerprint density at radius 1 is 0.900 bits per heavy atom. The Labute approximate surface area is 584 Å². The Bertz CT molecular complexity index is 4260. The number of aliphatic hydroxyl groups excluding tert-OH is 1. The summed E-state index contributed by atoms with van der Waals surface area (Å²) >= 11 is 2.69. The quantitative estimate of drug-likeness (QED) is 0.0720. The second kappa shape index (κ2) is 26.5. The molecule has 5 aromatic heterocycles. The number of hydrogen-bond donors (Lipinski definition) is 3. The Morgan fingerprint density at radius 3 is 2.30 bits per heavy atom. The normalized spacial score (nSPS) is 25.9. The first-order valence-electron chi connectivity index (χ1n) is 34.9. The summed E-state index contributed by atoms with van der Waals surface area (Å²) in [5.41, 5.74) is 0.980. The number of thiazole rings is 1. The largest absolute Gasteiger partial charge is 0.462 e. The van der Waals surface area contributed by atoms with Crippen LogP contribution in [0.2, 0.25) is 0 Å². The number of hydrogen-bond acceptors (Lipinski definition) is 18. The van der Waals surface area contributed by atoms with Gasteiger partial charge >= 0.3 is 18.3 Å². The van der Waals surface area contributed by atoms with Gasteiger partial charge in [0.2, 0.25) is 17.7 Å². The Hall–Kier alpha value is -7.24. The second-order valence-corrected chi connectivity index (χ2v) is 32.8. The van der Waals surface area contributed by atoms with E-state index in [4.69, 9.17) is 33.9 Å². The molecule has 536 valence electrons. The molecule has 7 aromatic rings. The Kier molecular flexibility index (Phi) is 18.5. The molecule has 3 N–H and O–H groups in total. The predicted molar refractivity (Wildman–Crippen MR) is 368 cm³/mol. The van der Waals surface area contributed by atoms with E-state index in [2.05, 4.69) is 25.6 Å². The highest BCUT2D eigenvalue weighted by Crippen LogP contribution is 2.62. The van der Waals surface area contributed by atoms with Crippen molar-refractivity contribution in [1.29, 1.82) is 0 Å². The summed E-state index contributed by atoms with van der Waals surface area (Å²) in [5.74, 6) is -4.03. The van der Waals surface area contributed by atoms with Gasteiger partial charge in [0.15, 0.2) is 6.23 Å². The van der Waals surface area contributed by atoms with Gasteiger partial charge in [-0.2, -0.15) is 28.2 Å². The van der Waals surface area contributed by atoms with Crippen molar-refractivity contribution in [3.05, 3.63) is 76.7 Å². The van der Waals surface area contributed by atoms with Crippen molar-refractivity contribution in [2.24, 2.45) is 16.2 Å². The minimum atomic E-state index is -4.79. The third-order valence-electron chi connectivity index (χ3n) is 21.5. The molecule has 4 amide bonds. The molecule has 5 saturated heterocycles. The maximum Gasteiger partial charge on any atom is 0.417 e. The summed E-state index contributed by atoms with van der Waals surface area (Å²) < 4.78 is 106. The molecule has 21 nitrogen and oxygen atoms in total. The first kappa shape index (κ1) is 69.8. The van der Waals surface area contributed by atoms with Crippen LogP contribution >= 0.6 is 22.7 Å². The number of pyridine rings is 1. The van der Waals surface area contributed by atoms with Gasteiger partial charge in [-0.05, 0) is 145 Å². The molecule has 7 aliphatic rings. The number of fused-ring (bicyclic) bond motifs is 6. The van der Waals surface area contributed by atoms with Crippen LogP contribution in [0.4, 0.5) is 32.6 Å². The fraction of sp³-hybridized carbons (Fsp3) is 0.597. The highest BCUT2D eigenvalue weighted by Gasteiger charge is 2.72. The number of ether oxygens (including phenoxy) is 4. The lowest BCUT2D eigenvalue weighted by Gasteiger charge is -2.42. The zero-order chi connectivity index (χ0) is 70.6. The molecule has 2 aromatic carbocycles. The van der Waals surface area contributed by atoms with E-state index in [0.717, 1.165) is 65.1 Å². The number of thiophene rings is 1. The van der Waals surface area contributed by atoms with Crippen molar-refractivity contribution in [2.75, 3.05) is 64.0 Å². The average molecular weight is 1420 g/mol. The van der Waals surface area contributed by atoms with Crippen molar-refractivity contribution in [2.45, 2.75) is 199 Å². The lowest BCUT2D eigenvalue weighted by atomic mass is 9.72. The van der Waals surface area contributed by atoms with E-state index in [1.807, 2.05) is 77.6 Å². The molecule has 2 saturated carbocycles. The molecule has 7 atom stereocenters. The lowest BCUT2D eigenvalue weighted by Crippen LogP contribution is -2.58. The van der Waals surface area contributed by atoms with Gasteiger partial charge in [-0.1, -0.05) is 45.0 Å². The standard InChI is InChI=1S/C72H87F5N12O9S2/c1-40-27-50-49(30-81-89(50)53-11-9-10-26-95-53)54(56(40)72(75,76)77)57-59-48(20-24-78-57)55-61(86-31-44-16-17-45(32-86)88(44)66(94)98-68(6,7)8)83-65(84-63(55)100-59)97-38-70(35-71(70,73)74)37-85-25-23-69(36-85)21-18-47(19-22-69)96-34-52(91)82-60(67(3,4)5)64(93)87-33-46(90)28-51(87)62(92)79-29-42-12-14-43(15-13-42)58-41(2)80-39-99-58/h12-15,20,24,27,30,39,44-47,51,53,60,90H,9-11,16-19,21-23,25-26,28-29,31-38H2,1-8H3,(H,79,92)(H,82,91)/t44?,45?,46-,47?,51+,53?,60-,69?,70-/m1/s1. The molecule has 5 aliphatic heterocycles. The van der Waals surface area contributed by atoms with Crippen molar-refractivity contribution < 1.29 is 65.2 Å². The number of likely N-dealkylation sites (tertiary alicyclic amines) is 2. The number of aryl methyl sites for hydroxylation is 2. The first-order chi connectivity index (χ1) is 47.4. The van der Waals surface area contributed by atoms with Gasteiger partial charge in [0.05, 0.1) is 78.8 Å². The third kappa shape index (κ3) is 13.7. The summed E-state index contributed by atoms with van der Waals surface area (Å²) in [6, 6.07) is 8.40. The predicted octanol–water partition coefficient (Wildman–Crippen LogP) is 12.2.